The van der Waals surface area contributed by atoms with Crippen molar-refractivity contribution in [2.75, 3.05) is 21.1 Å². The first-order chi connectivity index (χ1) is 10.0. The molecule has 0 bridgehead atoms. The number of rotatable bonds is 3. The minimum Gasteiger partial charge on any atom is -0.768 e. The molecule has 0 aliphatic heterocycles. The zero-order valence-electron chi connectivity index (χ0n) is 11.8. The second-order valence-electron chi connectivity index (χ2n) is 3.87. The summed E-state index contributed by atoms with van der Waals surface area (Å²) in [6, 6.07) is 2.67. The molecule has 1 rings (SSSR count). The number of carbonyl (C=O) groups excluding carboxylic acids is 1. The summed E-state index contributed by atoms with van der Waals surface area (Å²) in [6.45, 7) is 0. The summed E-state index contributed by atoms with van der Waals surface area (Å²) >= 11 is -2.96. The van der Waals surface area contributed by atoms with Gasteiger partial charge in [0.05, 0.1) is 4.90 Å². The number of amides is 1. The van der Waals surface area contributed by atoms with E-state index in [0.717, 1.165) is 23.1 Å². The Morgan fingerprint density at radius 1 is 1.41 bits per heavy atom. The fourth-order valence-corrected chi connectivity index (χ4v) is 1.74. The van der Waals surface area contributed by atoms with E-state index in [0.29, 0.717) is 0 Å². The average molecular weight is 343 g/mol. The van der Waals surface area contributed by atoms with E-state index in [9.17, 15) is 26.7 Å². The van der Waals surface area contributed by atoms with Crippen LogP contribution in [0.5, 0.6) is 5.75 Å². The smallest absolute Gasteiger partial charge is 0.573 e. The molecule has 1 aromatic rings. The summed E-state index contributed by atoms with van der Waals surface area (Å²) in [5.74, 6) is -1.42. The quantitative estimate of drug-likeness (QED) is 0.630. The monoisotopic (exact) mass is 343 g/mol. The molecule has 11 heteroatoms. The Kier molecular flexibility index (Phi) is 8.01. The second kappa shape index (κ2) is 8.68. The first kappa shape index (κ1) is 20.3. The van der Waals surface area contributed by atoms with Crippen molar-refractivity contribution in [1.29, 1.82) is 0 Å². The molecular weight excluding hydrogens is 329 g/mol. The molecule has 0 aliphatic rings. The van der Waals surface area contributed by atoms with E-state index in [1.54, 1.807) is 5.48 Å². The van der Waals surface area contributed by atoms with Crippen molar-refractivity contribution >= 4 is 17.0 Å². The van der Waals surface area contributed by atoms with E-state index < -0.39 is 34.0 Å². The van der Waals surface area contributed by atoms with Crippen LogP contribution in [0.2, 0.25) is 0 Å². The van der Waals surface area contributed by atoms with Gasteiger partial charge in [-0.25, -0.2) is 5.48 Å². The van der Waals surface area contributed by atoms with Crippen LogP contribution in [-0.2, 0) is 11.1 Å². The zero-order chi connectivity index (χ0) is 17.5. The summed E-state index contributed by atoms with van der Waals surface area (Å²) < 4.78 is 61.6. The molecule has 0 aliphatic carbocycles. The molecule has 1 amide bonds. The maximum Gasteiger partial charge on any atom is 0.573 e. The average Bonchev–Trinajstić information content (AvgIpc) is 2.37. The highest BCUT2D eigenvalue weighted by Crippen LogP contribution is 2.29. The van der Waals surface area contributed by atoms with Crippen LogP contribution in [0.15, 0.2) is 23.1 Å². The normalized spacial score (nSPS) is 12.0. The first-order valence-corrected chi connectivity index (χ1v) is 6.62. The lowest BCUT2D eigenvalue weighted by molar-refractivity contribution is -0.275. The van der Waals surface area contributed by atoms with Gasteiger partial charge < -0.3 is 19.4 Å². The Hall–Kier alpha value is -1.69. The Morgan fingerprint density at radius 2 is 1.91 bits per heavy atom. The molecule has 1 unspecified atom stereocenters. The summed E-state index contributed by atoms with van der Waals surface area (Å²) in [7, 11) is 4.28. The van der Waals surface area contributed by atoms with Crippen LogP contribution in [0.4, 0.5) is 13.2 Å². The fourth-order valence-electron chi connectivity index (χ4n) is 1.24. The second-order valence-corrected chi connectivity index (χ2v) is 4.78. The molecule has 1 atom stereocenters. The minimum absolute atomic E-state index is 0.0567. The number of hydrogen-bond acceptors (Lipinski definition) is 6. The van der Waals surface area contributed by atoms with Crippen LogP contribution in [0.3, 0.4) is 0 Å². The van der Waals surface area contributed by atoms with Crippen molar-refractivity contribution in [3.63, 3.8) is 0 Å². The molecule has 0 radical (unpaired) electrons. The lowest BCUT2D eigenvalue weighted by atomic mass is 10.2. The van der Waals surface area contributed by atoms with E-state index in [4.69, 9.17) is 5.21 Å². The molecular formula is C11H14F3N2O5S-. The predicted molar refractivity (Wildman–Crippen MR) is 69.2 cm³/mol. The third-order valence-corrected chi connectivity index (χ3v) is 2.68. The van der Waals surface area contributed by atoms with E-state index >= 15 is 0 Å². The Labute approximate surface area is 126 Å². The van der Waals surface area contributed by atoms with Gasteiger partial charge in [-0.1, -0.05) is 0 Å². The third-order valence-electron chi connectivity index (χ3n) is 2.00. The van der Waals surface area contributed by atoms with Crippen molar-refractivity contribution in [3.05, 3.63) is 23.8 Å². The van der Waals surface area contributed by atoms with Gasteiger partial charge in [0.1, 0.15) is 5.75 Å². The van der Waals surface area contributed by atoms with Crippen molar-refractivity contribution in [2.45, 2.75) is 11.3 Å². The maximum absolute atomic E-state index is 12.1. The first-order valence-electron chi connectivity index (χ1n) is 5.55. The van der Waals surface area contributed by atoms with Gasteiger partial charge in [-0.3, -0.25) is 9.00 Å². The van der Waals surface area contributed by atoms with Crippen molar-refractivity contribution in [2.24, 2.45) is 0 Å². The standard InChI is InChI=1S/C10H10F3NO4S.CH5NO/c1-14(2)9(15)6-3-4-7(18-10(11,12)13)8(5-6)19(16)17;1-2-3/h3-5H,1-2H3,(H,16,17);2-3H,1H3/p-1. The van der Waals surface area contributed by atoms with Gasteiger partial charge in [0.2, 0.25) is 0 Å². The van der Waals surface area contributed by atoms with Gasteiger partial charge in [0, 0.05) is 26.7 Å². The molecule has 126 valence electrons. The number of nitrogens with zero attached hydrogens (tertiary/aromatic N) is 1. The zero-order valence-corrected chi connectivity index (χ0v) is 12.6. The number of hydrogen-bond donors (Lipinski definition) is 2. The molecule has 0 spiro atoms. The number of hydroxylamine groups is 1. The number of alkyl halides is 3. The molecule has 0 fully saturated rings. The van der Waals surface area contributed by atoms with Gasteiger partial charge in [-0.05, 0) is 29.3 Å². The van der Waals surface area contributed by atoms with Crippen molar-refractivity contribution in [1.82, 2.24) is 10.4 Å². The Morgan fingerprint density at radius 3 is 2.27 bits per heavy atom. The molecule has 0 heterocycles. The molecule has 0 aromatic heterocycles. The lowest BCUT2D eigenvalue weighted by Crippen LogP contribution is -2.22. The highest BCUT2D eigenvalue weighted by molar-refractivity contribution is 7.79. The van der Waals surface area contributed by atoms with Crippen molar-refractivity contribution in [3.8, 4) is 5.75 Å². The highest BCUT2D eigenvalue weighted by Gasteiger charge is 2.32. The SMILES string of the molecule is CN(C)C(=O)c1ccc(OC(F)(F)F)c(S(=O)[O-])c1.CNO. The van der Waals surface area contributed by atoms with Crippen LogP contribution in [-0.4, -0.2) is 52.3 Å². The Balaban J connectivity index is 0.00000135. The van der Waals surface area contributed by atoms with Crippen molar-refractivity contribution < 1.29 is 36.7 Å². The summed E-state index contributed by atoms with van der Waals surface area (Å²) in [5.41, 5.74) is 1.69. The lowest BCUT2D eigenvalue weighted by Gasteiger charge is -2.17. The van der Waals surface area contributed by atoms with Gasteiger partial charge in [0.25, 0.3) is 5.91 Å². The number of halogens is 3. The van der Waals surface area contributed by atoms with Crippen LogP contribution in [0, 0.1) is 0 Å². The van der Waals surface area contributed by atoms with E-state index in [1.807, 2.05) is 0 Å². The molecule has 0 saturated heterocycles. The van der Waals surface area contributed by atoms with Gasteiger partial charge in [-0.15, -0.1) is 13.2 Å². The maximum atomic E-state index is 12.1. The topological polar surface area (TPSA) is 102 Å². The van der Waals surface area contributed by atoms with Crippen LogP contribution in [0.25, 0.3) is 0 Å². The van der Waals surface area contributed by atoms with Crippen LogP contribution in [0.1, 0.15) is 10.4 Å². The highest BCUT2D eigenvalue weighted by atomic mass is 32.2. The van der Waals surface area contributed by atoms with E-state index in [2.05, 4.69) is 4.74 Å². The summed E-state index contributed by atoms with van der Waals surface area (Å²) in [6.07, 6.45) is -5.01. The molecule has 2 N–H and O–H groups in total. The largest absolute Gasteiger partial charge is 0.768 e. The van der Waals surface area contributed by atoms with Gasteiger partial charge >= 0.3 is 6.36 Å². The number of carbonyl (C=O) groups is 1. The Bertz CT molecular complexity index is 537. The molecule has 0 saturated carbocycles. The number of ether oxygens (including phenoxy) is 1. The van der Waals surface area contributed by atoms with E-state index in [1.165, 1.54) is 21.1 Å². The van der Waals surface area contributed by atoms with Gasteiger partial charge in [-0.2, -0.15) is 0 Å². The molecule has 1 aromatic carbocycles. The minimum atomic E-state index is -5.01. The molecule has 7 nitrogen and oxygen atoms in total. The summed E-state index contributed by atoms with van der Waals surface area (Å²) in [4.78, 5) is 12.0. The fraction of sp³-hybridized carbons (Fsp3) is 0.364. The number of nitrogens with one attached hydrogen (secondary N) is 1. The van der Waals surface area contributed by atoms with Gasteiger partial charge in [0.15, 0.2) is 0 Å². The summed E-state index contributed by atoms with van der Waals surface area (Å²) in [5, 5.41) is 7.32. The predicted octanol–water partition coefficient (Wildman–Crippen LogP) is 1.12. The van der Waals surface area contributed by atoms with E-state index in [-0.39, 0.29) is 5.56 Å². The van der Waals surface area contributed by atoms with Crippen LogP contribution >= 0.6 is 0 Å². The van der Waals surface area contributed by atoms with Crippen LogP contribution < -0.4 is 10.2 Å². The molecule has 22 heavy (non-hydrogen) atoms. The number of benzene rings is 1. The third kappa shape index (κ3) is 6.85.